The maximum absolute atomic E-state index is 13.0. The van der Waals surface area contributed by atoms with Crippen LogP contribution in [0.5, 0.6) is 0 Å². The van der Waals surface area contributed by atoms with Crippen LogP contribution in [0.15, 0.2) is 48.8 Å². The van der Waals surface area contributed by atoms with Crippen LogP contribution in [0.4, 0.5) is 4.39 Å². The van der Waals surface area contributed by atoms with Gasteiger partial charge in [-0.3, -0.25) is 14.6 Å². The van der Waals surface area contributed by atoms with Crippen molar-refractivity contribution < 1.29 is 14.0 Å². The Morgan fingerprint density at radius 1 is 1.05 bits per heavy atom. The fourth-order valence-electron chi connectivity index (χ4n) is 1.84. The first-order chi connectivity index (χ1) is 10.6. The molecule has 5 nitrogen and oxygen atoms in total. The summed E-state index contributed by atoms with van der Waals surface area (Å²) >= 11 is 0. The first-order valence-electron chi connectivity index (χ1n) is 6.80. The smallest absolute Gasteiger partial charge is 0.239 e. The lowest BCUT2D eigenvalue weighted by Crippen LogP contribution is -2.37. The fraction of sp³-hybridized carbons (Fsp3) is 0.188. The molecule has 1 aromatic heterocycles. The molecule has 0 aliphatic rings. The molecule has 0 aliphatic carbocycles. The summed E-state index contributed by atoms with van der Waals surface area (Å²) in [6.45, 7) is 0.237. The summed E-state index contributed by atoms with van der Waals surface area (Å²) in [5.41, 5.74) is 1.44. The Morgan fingerprint density at radius 3 is 2.59 bits per heavy atom. The Hall–Kier alpha value is -2.76. The van der Waals surface area contributed by atoms with Crippen LogP contribution in [0.2, 0.25) is 0 Å². The highest BCUT2D eigenvalue weighted by atomic mass is 19.1. The Labute approximate surface area is 127 Å². The summed E-state index contributed by atoms with van der Waals surface area (Å²) in [4.78, 5) is 27.2. The molecule has 0 aliphatic heterocycles. The number of halogens is 1. The molecule has 2 amide bonds. The standard InChI is InChI=1S/C16H16FN3O2/c17-14-5-1-3-12(7-14)8-15(21)20-11-16(22)19-10-13-4-2-6-18-9-13/h1-7,9H,8,10-11H2,(H,19,22)(H,20,21). The van der Waals surface area contributed by atoms with Gasteiger partial charge in [0.25, 0.3) is 0 Å². The number of carbonyl (C=O) groups is 2. The molecule has 2 N–H and O–H groups in total. The minimum absolute atomic E-state index is 0.0354. The van der Waals surface area contributed by atoms with Gasteiger partial charge < -0.3 is 10.6 Å². The molecule has 0 spiro atoms. The molecule has 6 heteroatoms. The van der Waals surface area contributed by atoms with Gasteiger partial charge >= 0.3 is 0 Å². The third-order valence-corrected chi connectivity index (χ3v) is 2.91. The van der Waals surface area contributed by atoms with Crippen molar-refractivity contribution >= 4 is 11.8 Å². The number of aromatic nitrogens is 1. The van der Waals surface area contributed by atoms with Crippen LogP contribution >= 0.6 is 0 Å². The van der Waals surface area contributed by atoms with E-state index in [0.29, 0.717) is 12.1 Å². The number of pyridine rings is 1. The second kappa shape index (κ2) is 7.87. The lowest BCUT2D eigenvalue weighted by atomic mass is 10.1. The minimum Gasteiger partial charge on any atom is -0.350 e. The molecule has 0 bridgehead atoms. The van der Waals surface area contributed by atoms with Crippen LogP contribution < -0.4 is 10.6 Å². The molecular weight excluding hydrogens is 285 g/mol. The topological polar surface area (TPSA) is 71.1 Å². The van der Waals surface area contributed by atoms with Crippen molar-refractivity contribution in [3.8, 4) is 0 Å². The van der Waals surface area contributed by atoms with E-state index in [0.717, 1.165) is 5.56 Å². The van der Waals surface area contributed by atoms with Gasteiger partial charge in [0.2, 0.25) is 11.8 Å². The molecule has 0 radical (unpaired) electrons. The fourth-order valence-corrected chi connectivity index (χ4v) is 1.84. The molecule has 0 saturated heterocycles. The second-order valence-electron chi connectivity index (χ2n) is 4.72. The van der Waals surface area contributed by atoms with Gasteiger partial charge in [0, 0.05) is 18.9 Å². The predicted octanol–water partition coefficient (Wildman–Crippen LogP) is 1.20. The normalized spacial score (nSPS) is 10.0. The minimum atomic E-state index is -0.389. The van der Waals surface area contributed by atoms with Crippen LogP contribution in [-0.4, -0.2) is 23.3 Å². The van der Waals surface area contributed by atoms with Crippen molar-refractivity contribution in [1.82, 2.24) is 15.6 Å². The van der Waals surface area contributed by atoms with Gasteiger partial charge in [0.05, 0.1) is 13.0 Å². The predicted molar refractivity (Wildman–Crippen MR) is 79.2 cm³/mol. The number of carbonyl (C=O) groups excluding carboxylic acids is 2. The molecule has 0 saturated carbocycles. The SMILES string of the molecule is O=C(CNC(=O)Cc1cccc(F)c1)NCc1cccnc1. The van der Waals surface area contributed by atoms with E-state index < -0.39 is 0 Å². The Bertz CT molecular complexity index is 647. The highest BCUT2D eigenvalue weighted by Gasteiger charge is 2.07. The zero-order valence-electron chi connectivity index (χ0n) is 11.9. The molecule has 2 rings (SSSR count). The average molecular weight is 301 g/mol. The first kappa shape index (κ1) is 15.6. The molecular formula is C16H16FN3O2. The Balaban J connectivity index is 1.70. The quantitative estimate of drug-likeness (QED) is 0.842. The van der Waals surface area contributed by atoms with E-state index in [1.165, 1.54) is 12.1 Å². The van der Waals surface area contributed by atoms with Crippen LogP contribution in [0, 0.1) is 5.82 Å². The summed E-state index contributed by atoms with van der Waals surface area (Å²) in [5, 5.41) is 5.17. The van der Waals surface area contributed by atoms with E-state index in [1.807, 2.05) is 6.07 Å². The highest BCUT2D eigenvalue weighted by Crippen LogP contribution is 2.03. The van der Waals surface area contributed by atoms with E-state index >= 15 is 0 Å². The highest BCUT2D eigenvalue weighted by molar-refractivity contribution is 5.85. The number of nitrogens with zero attached hydrogens (tertiary/aromatic N) is 1. The van der Waals surface area contributed by atoms with Gasteiger partial charge in [-0.1, -0.05) is 18.2 Å². The van der Waals surface area contributed by atoms with Gasteiger partial charge in [-0.2, -0.15) is 0 Å². The number of hydrogen-bond acceptors (Lipinski definition) is 3. The third kappa shape index (κ3) is 5.32. The average Bonchev–Trinajstić information content (AvgIpc) is 2.52. The van der Waals surface area contributed by atoms with Crippen LogP contribution in [0.25, 0.3) is 0 Å². The second-order valence-corrected chi connectivity index (χ2v) is 4.72. The number of nitrogens with one attached hydrogen (secondary N) is 2. The molecule has 0 fully saturated rings. The first-order valence-corrected chi connectivity index (χ1v) is 6.80. The molecule has 22 heavy (non-hydrogen) atoms. The molecule has 114 valence electrons. The van der Waals surface area contributed by atoms with Crippen molar-refractivity contribution in [1.29, 1.82) is 0 Å². The largest absolute Gasteiger partial charge is 0.350 e. The van der Waals surface area contributed by atoms with Gasteiger partial charge in [0.15, 0.2) is 0 Å². The summed E-state index contributed by atoms with van der Waals surface area (Å²) in [7, 11) is 0. The molecule has 2 aromatic rings. The van der Waals surface area contributed by atoms with E-state index in [9.17, 15) is 14.0 Å². The van der Waals surface area contributed by atoms with Crippen LogP contribution in [0.3, 0.4) is 0 Å². The Kier molecular flexibility index (Phi) is 5.59. The van der Waals surface area contributed by atoms with Gasteiger partial charge in [-0.15, -0.1) is 0 Å². The molecule has 1 heterocycles. The van der Waals surface area contributed by atoms with Crippen molar-refractivity contribution in [2.75, 3.05) is 6.54 Å². The van der Waals surface area contributed by atoms with E-state index in [2.05, 4.69) is 15.6 Å². The van der Waals surface area contributed by atoms with Crippen LogP contribution in [0.1, 0.15) is 11.1 Å². The van der Waals surface area contributed by atoms with Crippen molar-refractivity contribution in [3.63, 3.8) is 0 Å². The van der Waals surface area contributed by atoms with E-state index in [1.54, 1.807) is 30.6 Å². The summed E-state index contributed by atoms with van der Waals surface area (Å²) in [5.74, 6) is -1.02. The summed E-state index contributed by atoms with van der Waals surface area (Å²) < 4.78 is 13.0. The molecule has 0 atom stereocenters. The zero-order chi connectivity index (χ0) is 15.8. The third-order valence-electron chi connectivity index (χ3n) is 2.91. The van der Waals surface area contributed by atoms with Gasteiger partial charge in [-0.25, -0.2) is 4.39 Å². The van der Waals surface area contributed by atoms with Gasteiger partial charge in [-0.05, 0) is 29.3 Å². The zero-order valence-corrected chi connectivity index (χ0v) is 11.9. The maximum Gasteiger partial charge on any atom is 0.239 e. The van der Waals surface area contributed by atoms with Crippen LogP contribution in [-0.2, 0) is 22.6 Å². The molecule has 1 aromatic carbocycles. The van der Waals surface area contributed by atoms with Crippen molar-refractivity contribution in [3.05, 3.63) is 65.7 Å². The lowest BCUT2D eigenvalue weighted by Gasteiger charge is -2.07. The van der Waals surface area contributed by atoms with Crippen molar-refractivity contribution in [2.24, 2.45) is 0 Å². The maximum atomic E-state index is 13.0. The number of rotatable bonds is 6. The van der Waals surface area contributed by atoms with Gasteiger partial charge in [0.1, 0.15) is 5.82 Å². The van der Waals surface area contributed by atoms with Crippen molar-refractivity contribution in [2.45, 2.75) is 13.0 Å². The van der Waals surface area contributed by atoms with E-state index in [4.69, 9.17) is 0 Å². The number of amides is 2. The molecule has 0 unspecified atom stereocenters. The monoisotopic (exact) mass is 301 g/mol. The van der Waals surface area contributed by atoms with E-state index in [-0.39, 0.29) is 30.6 Å². The Morgan fingerprint density at radius 2 is 1.86 bits per heavy atom. The summed E-state index contributed by atoms with van der Waals surface area (Å²) in [6, 6.07) is 9.43. The lowest BCUT2D eigenvalue weighted by molar-refractivity contribution is -0.125. The number of hydrogen-bond donors (Lipinski definition) is 2. The number of benzene rings is 1. The summed E-state index contributed by atoms with van der Waals surface area (Å²) in [6.07, 6.45) is 3.34.